The van der Waals surface area contributed by atoms with Crippen molar-refractivity contribution in [3.05, 3.63) is 52.0 Å². The van der Waals surface area contributed by atoms with E-state index in [1.54, 1.807) is 15.6 Å². The van der Waals surface area contributed by atoms with Gasteiger partial charge in [0.15, 0.2) is 0 Å². The fourth-order valence-corrected chi connectivity index (χ4v) is 6.54. The Morgan fingerprint density at radius 3 is 2.76 bits per heavy atom. The molecule has 0 N–H and O–H groups in total. The highest BCUT2D eigenvalue weighted by atomic mass is 32.2. The summed E-state index contributed by atoms with van der Waals surface area (Å²) in [5.41, 5.74) is 1.70. The van der Waals surface area contributed by atoms with Gasteiger partial charge in [-0.15, -0.1) is 11.3 Å². The molecule has 2 aliphatic heterocycles. The van der Waals surface area contributed by atoms with Crippen molar-refractivity contribution in [1.82, 2.24) is 14.2 Å². The summed E-state index contributed by atoms with van der Waals surface area (Å²) >= 11 is 1.68. The van der Waals surface area contributed by atoms with Crippen LogP contribution in [0.3, 0.4) is 0 Å². The molecular weight excluding hydrogens is 406 g/mol. The van der Waals surface area contributed by atoms with Gasteiger partial charge in [0.2, 0.25) is 10.0 Å². The van der Waals surface area contributed by atoms with Gasteiger partial charge in [-0.2, -0.15) is 0 Å². The van der Waals surface area contributed by atoms with Crippen molar-refractivity contribution in [2.75, 3.05) is 32.8 Å². The van der Waals surface area contributed by atoms with Crippen LogP contribution in [0, 0.1) is 6.92 Å². The van der Waals surface area contributed by atoms with Gasteiger partial charge in [0.05, 0.1) is 28.7 Å². The number of sulfonamides is 1. The number of thiazole rings is 1. The molecular formula is C21H29N3O3S2. The van der Waals surface area contributed by atoms with Crippen molar-refractivity contribution in [2.45, 2.75) is 44.1 Å². The Hall–Kier alpha value is -1.32. The van der Waals surface area contributed by atoms with Crippen LogP contribution in [0.15, 0.2) is 35.7 Å². The first-order valence-electron chi connectivity index (χ1n) is 10.2. The van der Waals surface area contributed by atoms with E-state index in [4.69, 9.17) is 4.74 Å². The van der Waals surface area contributed by atoms with Crippen LogP contribution in [0.1, 0.15) is 35.5 Å². The molecule has 29 heavy (non-hydrogen) atoms. The number of hydrogen-bond donors (Lipinski definition) is 0. The van der Waals surface area contributed by atoms with Crippen molar-refractivity contribution in [3.8, 4) is 0 Å². The first-order chi connectivity index (χ1) is 13.9. The van der Waals surface area contributed by atoms with Crippen molar-refractivity contribution >= 4 is 21.4 Å². The lowest BCUT2D eigenvalue weighted by molar-refractivity contribution is -0.117. The summed E-state index contributed by atoms with van der Waals surface area (Å²) in [6.45, 7) is 6.41. The molecule has 1 unspecified atom stereocenters. The van der Waals surface area contributed by atoms with Crippen LogP contribution in [0.2, 0.25) is 0 Å². The lowest BCUT2D eigenvalue weighted by atomic mass is 9.92. The second-order valence-corrected chi connectivity index (χ2v) is 11.1. The number of hydrogen-bond acceptors (Lipinski definition) is 6. The van der Waals surface area contributed by atoms with Gasteiger partial charge in [0.25, 0.3) is 0 Å². The Bertz CT molecular complexity index is 916. The number of ether oxygens (including phenoxy) is 1. The molecule has 3 heterocycles. The van der Waals surface area contributed by atoms with Crippen LogP contribution in [-0.2, 0) is 27.1 Å². The monoisotopic (exact) mass is 435 g/mol. The molecule has 0 bridgehead atoms. The van der Waals surface area contributed by atoms with E-state index >= 15 is 0 Å². The van der Waals surface area contributed by atoms with Gasteiger partial charge in [-0.3, -0.25) is 4.90 Å². The smallest absolute Gasteiger partial charge is 0.218 e. The molecule has 0 saturated carbocycles. The Labute approximate surface area is 177 Å². The van der Waals surface area contributed by atoms with Gasteiger partial charge in [0, 0.05) is 38.1 Å². The summed E-state index contributed by atoms with van der Waals surface area (Å²) in [5, 5.41) is 3.22. The van der Waals surface area contributed by atoms with E-state index < -0.39 is 10.0 Å². The zero-order valence-corrected chi connectivity index (χ0v) is 18.6. The first kappa shape index (κ1) is 20.9. The van der Waals surface area contributed by atoms with Crippen molar-refractivity contribution in [2.24, 2.45) is 0 Å². The number of aryl methyl sites for hydroxylation is 1. The third-order valence-corrected chi connectivity index (χ3v) is 8.49. The van der Waals surface area contributed by atoms with E-state index in [1.165, 1.54) is 0 Å². The third-order valence-electron chi connectivity index (χ3n) is 5.82. The minimum Gasteiger partial charge on any atom is -0.372 e. The largest absolute Gasteiger partial charge is 0.372 e. The minimum atomic E-state index is -3.32. The predicted molar refractivity (Wildman–Crippen MR) is 115 cm³/mol. The van der Waals surface area contributed by atoms with Gasteiger partial charge in [-0.1, -0.05) is 30.3 Å². The van der Waals surface area contributed by atoms with Gasteiger partial charge < -0.3 is 4.74 Å². The van der Waals surface area contributed by atoms with E-state index in [0.29, 0.717) is 19.7 Å². The summed E-state index contributed by atoms with van der Waals surface area (Å²) in [7, 11) is -3.32. The van der Waals surface area contributed by atoms with Gasteiger partial charge in [0.1, 0.15) is 0 Å². The standard InChI is InChI=1S/C21H29N3O3S2/c1-18-22-20(15-28-18)14-23-12-13-27-21(17-23)8-5-10-24(11-9-21)29(25,26)16-19-6-3-2-4-7-19/h2-4,6-7,15H,5,8-14,16-17H2,1H3. The summed E-state index contributed by atoms with van der Waals surface area (Å²) in [4.78, 5) is 7.00. The summed E-state index contributed by atoms with van der Waals surface area (Å²) in [6.07, 6.45) is 2.47. The maximum absolute atomic E-state index is 13.0. The molecule has 4 rings (SSSR count). The fraction of sp³-hybridized carbons (Fsp3) is 0.571. The van der Waals surface area contributed by atoms with Gasteiger partial charge >= 0.3 is 0 Å². The fourth-order valence-electron chi connectivity index (χ4n) is 4.37. The highest BCUT2D eigenvalue weighted by molar-refractivity contribution is 7.88. The number of rotatable bonds is 5. The molecule has 1 aromatic carbocycles. The lowest BCUT2D eigenvalue weighted by Crippen LogP contribution is -2.52. The van der Waals surface area contributed by atoms with Crippen LogP contribution in [-0.4, -0.2) is 61.0 Å². The van der Waals surface area contributed by atoms with Crippen molar-refractivity contribution in [1.29, 1.82) is 0 Å². The summed E-state index contributed by atoms with van der Waals surface area (Å²) in [6, 6.07) is 9.43. The van der Waals surface area contributed by atoms with Crippen molar-refractivity contribution < 1.29 is 13.2 Å². The molecule has 6 nitrogen and oxygen atoms in total. The SMILES string of the molecule is Cc1nc(CN2CCOC3(CCCN(S(=O)(=O)Cc4ccccc4)CC3)C2)cs1. The Morgan fingerprint density at radius 2 is 2.00 bits per heavy atom. The normalized spacial score (nSPS) is 24.6. The highest BCUT2D eigenvalue weighted by Gasteiger charge is 2.40. The Balaban J connectivity index is 1.39. The molecule has 1 aromatic heterocycles. The number of aromatic nitrogens is 1. The zero-order chi connectivity index (χ0) is 20.3. The minimum absolute atomic E-state index is 0.0665. The highest BCUT2D eigenvalue weighted by Crippen LogP contribution is 2.32. The lowest BCUT2D eigenvalue weighted by Gasteiger charge is -2.42. The van der Waals surface area contributed by atoms with Gasteiger partial charge in [-0.05, 0) is 31.7 Å². The molecule has 2 aliphatic rings. The number of morpholine rings is 1. The average Bonchev–Trinajstić information content (AvgIpc) is 2.98. The summed E-state index contributed by atoms with van der Waals surface area (Å²) < 4.78 is 33.8. The second kappa shape index (κ2) is 8.81. The topological polar surface area (TPSA) is 62.7 Å². The first-order valence-corrected chi connectivity index (χ1v) is 12.7. The molecule has 1 spiro atoms. The maximum atomic E-state index is 13.0. The Kier molecular flexibility index (Phi) is 6.36. The molecule has 0 radical (unpaired) electrons. The average molecular weight is 436 g/mol. The van der Waals surface area contributed by atoms with E-state index in [-0.39, 0.29) is 11.4 Å². The maximum Gasteiger partial charge on any atom is 0.218 e. The molecule has 2 aromatic rings. The third kappa shape index (κ3) is 5.24. The molecule has 1 atom stereocenters. The summed E-state index contributed by atoms with van der Waals surface area (Å²) in [5.74, 6) is 0.0665. The molecule has 2 saturated heterocycles. The van der Waals surface area contributed by atoms with E-state index in [9.17, 15) is 8.42 Å². The van der Waals surface area contributed by atoms with Crippen LogP contribution in [0.25, 0.3) is 0 Å². The van der Waals surface area contributed by atoms with Crippen molar-refractivity contribution in [3.63, 3.8) is 0 Å². The number of benzene rings is 1. The molecule has 0 amide bonds. The molecule has 2 fully saturated rings. The van der Waals surface area contributed by atoms with Gasteiger partial charge in [-0.25, -0.2) is 17.7 Å². The quantitative estimate of drug-likeness (QED) is 0.722. The van der Waals surface area contributed by atoms with Crippen LogP contribution in [0.4, 0.5) is 0 Å². The van der Waals surface area contributed by atoms with E-state index in [0.717, 1.165) is 55.2 Å². The van der Waals surface area contributed by atoms with E-state index in [2.05, 4.69) is 15.3 Å². The van der Waals surface area contributed by atoms with Crippen LogP contribution >= 0.6 is 11.3 Å². The number of nitrogens with zero attached hydrogens (tertiary/aromatic N) is 3. The predicted octanol–water partition coefficient (Wildman–Crippen LogP) is 3.04. The van der Waals surface area contributed by atoms with Crippen LogP contribution < -0.4 is 0 Å². The molecule has 0 aliphatic carbocycles. The second-order valence-electron chi connectivity index (χ2n) is 8.09. The van der Waals surface area contributed by atoms with E-state index in [1.807, 2.05) is 37.3 Å². The molecule has 8 heteroatoms. The molecule has 158 valence electrons. The van der Waals surface area contributed by atoms with Crippen LogP contribution in [0.5, 0.6) is 0 Å². The Morgan fingerprint density at radius 1 is 1.17 bits per heavy atom. The zero-order valence-electron chi connectivity index (χ0n) is 16.9.